The van der Waals surface area contributed by atoms with Gasteiger partial charge >= 0.3 is 5.97 Å². The van der Waals surface area contributed by atoms with Crippen molar-refractivity contribution < 1.29 is 19.0 Å². The molecule has 130 valence electrons. The van der Waals surface area contributed by atoms with Crippen LogP contribution in [-0.2, 0) is 9.47 Å². The average molecular weight is 322 g/mol. The molecule has 0 atom stereocenters. The first-order valence-electron chi connectivity index (χ1n) is 8.23. The van der Waals surface area contributed by atoms with Crippen LogP contribution in [0.1, 0.15) is 64.7 Å². The molecule has 0 bridgehead atoms. The summed E-state index contributed by atoms with van der Waals surface area (Å²) in [4.78, 5) is 11.9. The zero-order valence-corrected chi connectivity index (χ0v) is 15.3. The summed E-state index contributed by atoms with van der Waals surface area (Å²) in [6, 6.07) is 7.03. The maximum Gasteiger partial charge on any atom is 0.338 e. The lowest BCUT2D eigenvalue weighted by Gasteiger charge is -2.25. The highest BCUT2D eigenvalue weighted by atomic mass is 16.6. The van der Waals surface area contributed by atoms with Crippen LogP contribution >= 0.6 is 0 Å². The molecule has 0 aliphatic rings. The Balaban J connectivity index is 2.47. The summed E-state index contributed by atoms with van der Waals surface area (Å²) in [5, 5.41) is 0. The SMILES string of the molecule is CCCOC(C)(C)CCOc1ccc(C(=O)OC(C)(C)C)cc1. The highest BCUT2D eigenvalue weighted by Gasteiger charge is 2.19. The van der Waals surface area contributed by atoms with Crippen molar-refractivity contribution in [3.63, 3.8) is 0 Å². The number of esters is 1. The van der Waals surface area contributed by atoms with Gasteiger partial charge in [0.15, 0.2) is 0 Å². The van der Waals surface area contributed by atoms with E-state index in [0.717, 1.165) is 25.2 Å². The third kappa shape index (κ3) is 8.03. The van der Waals surface area contributed by atoms with Gasteiger partial charge in [-0.25, -0.2) is 4.79 Å². The summed E-state index contributed by atoms with van der Waals surface area (Å²) in [6.45, 7) is 13.1. The van der Waals surface area contributed by atoms with Crippen LogP contribution in [0.3, 0.4) is 0 Å². The minimum absolute atomic E-state index is 0.188. The minimum atomic E-state index is -0.490. The number of benzene rings is 1. The number of hydrogen-bond acceptors (Lipinski definition) is 4. The van der Waals surface area contributed by atoms with Crippen LogP contribution in [0.2, 0.25) is 0 Å². The molecular formula is C19H30O4. The largest absolute Gasteiger partial charge is 0.493 e. The summed E-state index contributed by atoms with van der Waals surface area (Å²) >= 11 is 0. The van der Waals surface area contributed by atoms with E-state index in [-0.39, 0.29) is 11.6 Å². The van der Waals surface area contributed by atoms with E-state index >= 15 is 0 Å². The molecule has 0 aliphatic heterocycles. The van der Waals surface area contributed by atoms with Crippen molar-refractivity contribution in [1.29, 1.82) is 0 Å². The standard InChI is InChI=1S/C19H30O4/c1-7-13-22-19(5,6)12-14-21-16-10-8-15(9-11-16)17(20)23-18(2,3)4/h8-11H,7,12-14H2,1-6H3. The maximum absolute atomic E-state index is 11.9. The smallest absolute Gasteiger partial charge is 0.338 e. The topological polar surface area (TPSA) is 44.8 Å². The van der Waals surface area contributed by atoms with Gasteiger partial charge in [0.25, 0.3) is 0 Å². The molecule has 0 N–H and O–H groups in total. The second-order valence-electron chi connectivity index (χ2n) is 7.23. The predicted molar refractivity (Wildman–Crippen MR) is 92.0 cm³/mol. The van der Waals surface area contributed by atoms with E-state index in [0.29, 0.717) is 12.2 Å². The molecule has 0 radical (unpaired) electrons. The summed E-state index contributed by atoms with van der Waals surface area (Å²) < 4.78 is 16.8. The highest BCUT2D eigenvalue weighted by Crippen LogP contribution is 2.19. The zero-order valence-electron chi connectivity index (χ0n) is 15.3. The molecule has 0 heterocycles. The lowest BCUT2D eigenvalue weighted by Crippen LogP contribution is -2.27. The fourth-order valence-electron chi connectivity index (χ4n) is 1.89. The van der Waals surface area contributed by atoms with Gasteiger partial charge in [0.05, 0.1) is 17.8 Å². The van der Waals surface area contributed by atoms with E-state index in [9.17, 15) is 4.79 Å². The van der Waals surface area contributed by atoms with Gasteiger partial charge in [0.1, 0.15) is 11.4 Å². The fourth-order valence-corrected chi connectivity index (χ4v) is 1.89. The molecule has 0 fully saturated rings. The molecule has 0 amide bonds. The monoisotopic (exact) mass is 322 g/mol. The van der Waals surface area contributed by atoms with Crippen molar-refractivity contribution in [2.45, 2.75) is 65.6 Å². The molecule has 23 heavy (non-hydrogen) atoms. The van der Waals surface area contributed by atoms with Gasteiger partial charge in [-0.2, -0.15) is 0 Å². The van der Waals surface area contributed by atoms with E-state index in [1.54, 1.807) is 24.3 Å². The molecule has 4 heteroatoms. The normalized spacial score (nSPS) is 12.1. The highest BCUT2D eigenvalue weighted by molar-refractivity contribution is 5.89. The van der Waals surface area contributed by atoms with E-state index in [1.807, 2.05) is 20.8 Å². The summed E-state index contributed by atoms with van der Waals surface area (Å²) in [6.07, 6.45) is 1.82. The third-order valence-electron chi connectivity index (χ3n) is 3.16. The van der Waals surface area contributed by atoms with Crippen molar-refractivity contribution >= 4 is 5.97 Å². The number of carbonyl (C=O) groups excluding carboxylic acids is 1. The van der Waals surface area contributed by atoms with E-state index in [4.69, 9.17) is 14.2 Å². The molecule has 0 unspecified atom stereocenters. The Hall–Kier alpha value is -1.55. The molecule has 0 spiro atoms. The zero-order chi connectivity index (χ0) is 17.5. The first-order chi connectivity index (χ1) is 10.6. The van der Waals surface area contributed by atoms with Crippen LogP contribution in [-0.4, -0.2) is 30.4 Å². The molecule has 0 saturated heterocycles. The molecule has 0 aromatic heterocycles. The third-order valence-corrected chi connectivity index (χ3v) is 3.16. The maximum atomic E-state index is 11.9. The molecule has 0 saturated carbocycles. The first kappa shape index (κ1) is 19.5. The minimum Gasteiger partial charge on any atom is -0.493 e. The van der Waals surface area contributed by atoms with Crippen LogP contribution < -0.4 is 4.74 Å². The second-order valence-corrected chi connectivity index (χ2v) is 7.23. The quantitative estimate of drug-likeness (QED) is 0.655. The van der Waals surface area contributed by atoms with Gasteiger partial charge in [-0.15, -0.1) is 0 Å². The Bertz CT molecular complexity index is 483. The number of hydrogen-bond donors (Lipinski definition) is 0. The van der Waals surface area contributed by atoms with Crippen LogP contribution in [0.4, 0.5) is 0 Å². The van der Waals surface area contributed by atoms with Gasteiger partial charge in [-0.1, -0.05) is 6.92 Å². The van der Waals surface area contributed by atoms with Gasteiger partial charge in [0, 0.05) is 13.0 Å². The Morgan fingerprint density at radius 3 is 2.13 bits per heavy atom. The second kappa shape index (κ2) is 8.34. The predicted octanol–water partition coefficient (Wildman–Crippen LogP) is 4.62. The summed E-state index contributed by atoms with van der Waals surface area (Å²) in [5.41, 5.74) is -0.151. The lowest BCUT2D eigenvalue weighted by atomic mass is 10.1. The Morgan fingerprint density at radius 1 is 1.00 bits per heavy atom. The van der Waals surface area contributed by atoms with Crippen LogP contribution in [0.25, 0.3) is 0 Å². The lowest BCUT2D eigenvalue weighted by molar-refractivity contribution is -0.0303. The van der Waals surface area contributed by atoms with E-state index in [2.05, 4.69) is 20.8 Å². The van der Waals surface area contributed by atoms with Crippen LogP contribution in [0.15, 0.2) is 24.3 Å². The van der Waals surface area contributed by atoms with Crippen molar-refractivity contribution in [3.05, 3.63) is 29.8 Å². The Morgan fingerprint density at radius 2 is 1.61 bits per heavy atom. The molecule has 1 aromatic carbocycles. The van der Waals surface area contributed by atoms with Crippen molar-refractivity contribution in [2.75, 3.05) is 13.2 Å². The van der Waals surface area contributed by atoms with Crippen molar-refractivity contribution in [3.8, 4) is 5.75 Å². The molecular weight excluding hydrogens is 292 g/mol. The fraction of sp³-hybridized carbons (Fsp3) is 0.632. The van der Waals surface area contributed by atoms with E-state index in [1.165, 1.54) is 0 Å². The van der Waals surface area contributed by atoms with Crippen LogP contribution in [0, 0.1) is 0 Å². The molecule has 0 aliphatic carbocycles. The Labute approximate surface area is 140 Å². The number of carbonyl (C=O) groups is 1. The summed E-state index contributed by atoms with van der Waals surface area (Å²) in [7, 11) is 0. The molecule has 4 nitrogen and oxygen atoms in total. The van der Waals surface area contributed by atoms with Crippen molar-refractivity contribution in [1.82, 2.24) is 0 Å². The van der Waals surface area contributed by atoms with Gasteiger partial charge < -0.3 is 14.2 Å². The molecule has 1 rings (SSSR count). The van der Waals surface area contributed by atoms with Gasteiger partial charge in [-0.05, 0) is 65.3 Å². The van der Waals surface area contributed by atoms with Crippen molar-refractivity contribution in [2.24, 2.45) is 0 Å². The average Bonchev–Trinajstić information content (AvgIpc) is 2.44. The molecule has 1 aromatic rings. The van der Waals surface area contributed by atoms with Gasteiger partial charge in [0.2, 0.25) is 0 Å². The number of rotatable bonds is 8. The summed E-state index contributed by atoms with van der Waals surface area (Å²) in [5.74, 6) is 0.418. The van der Waals surface area contributed by atoms with Crippen LogP contribution in [0.5, 0.6) is 5.75 Å². The van der Waals surface area contributed by atoms with E-state index < -0.39 is 5.60 Å². The number of ether oxygens (including phenoxy) is 3. The first-order valence-corrected chi connectivity index (χ1v) is 8.23. The Kier molecular flexibility index (Phi) is 7.07. The van der Waals surface area contributed by atoms with Gasteiger partial charge in [-0.3, -0.25) is 0 Å².